The van der Waals surface area contributed by atoms with Gasteiger partial charge in [0.05, 0.1) is 6.61 Å². The largest absolute Gasteiger partial charge is 0.340 e. The molecule has 0 bridgehead atoms. The van der Waals surface area contributed by atoms with E-state index in [1.807, 2.05) is 36.4 Å². The minimum Gasteiger partial charge on any atom is -0.340 e. The molecule has 24 heavy (non-hydrogen) atoms. The fourth-order valence-electron chi connectivity index (χ4n) is 2.52. The Kier molecular flexibility index (Phi) is 5.19. The lowest BCUT2D eigenvalue weighted by Gasteiger charge is -2.17. The van der Waals surface area contributed by atoms with E-state index in [-0.39, 0.29) is 6.61 Å². The van der Waals surface area contributed by atoms with Crippen molar-refractivity contribution in [2.45, 2.75) is 18.5 Å². The lowest BCUT2D eigenvalue weighted by atomic mass is 10.1. The molecule has 2 N–H and O–H groups in total. The zero-order valence-electron chi connectivity index (χ0n) is 12.5. The second kappa shape index (κ2) is 7.18. The summed E-state index contributed by atoms with van der Waals surface area (Å²) in [6.07, 6.45) is -1.90. The normalized spacial score (nSPS) is 24.2. The Morgan fingerprint density at radius 2 is 1.71 bits per heavy atom. The molecule has 1 unspecified atom stereocenters. The van der Waals surface area contributed by atoms with E-state index < -0.39 is 28.8 Å². The molecule has 0 radical (unpaired) electrons. The Balaban J connectivity index is 1.86. The van der Waals surface area contributed by atoms with Crippen LogP contribution in [0.1, 0.15) is 23.5 Å². The molecule has 0 amide bonds. The first-order valence-corrected chi connectivity index (χ1v) is 9.06. The summed E-state index contributed by atoms with van der Waals surface area (Å²) in [4.78, 5) is 0. The van der Waals surface area contributed by atoms with Crippen LogP contribution < -0.4 is 5.14 Å². The smallest absolute Gasteiger partial charge is 0.333 e. The van der Waals surface area contributed by atoms with Crippen molar-refractivity contribution in [2.24, 2.45) is 5.14 Å². The zero-order valence-corrected chi connectivity index (χ0v) is 14.1. The fraction of sp³-hybridized carbons (Fsp3) is 0.250. The monoisotopic (exact) mass is 369 g/mol. The lowest BCUT2D eigenvalue weighted by molar-refractivity contribution is -0.0727. The van der Waals surface area contributed by atoms with Gasteiger partial charge in [0.2, 0.25) is 0 Å². The maximum atomic E-state index is 11.1. The van der Waals surface area contributed by atoms with Gasteiger partial charge in [0.15, 0.2) is 6.29 Å². The molecule has 0 aliphatic carbocycles. The maximum Gasteiger partial charge on any atom is 0.333 e. The van der Waals surface area contributed by atoms with Gasteiger partial charge in [0, 0.05) is 16.1 Å². The molecule has 2 aromatic rings. The molecular weight excluding hydrogens is 354 g/mol. The van der Waals surface area contributed by atoms with Crippen LogP contribution in [0.5, 0.6) is 0 Å². The summed E-state index contributed by atoms with van der Waals surface area (Å²) in [7, 11) is -4.08. The van der Waals surface area contributed by atoms with Gasteiger partial charge in [-0.15, -0.1) is 0 Å². The number of benzene rings is 2. The highest BCUT2D eigenvalue weighted by Crippen LogP contribution is 2.42. The first-order chi connectivity index (χ1) is 11.4. The van der Waals surface area contributed by atoms with Crippen molar-refractivity contribution in [3.05, 3.63) is 70.7 Å². The van der Waals surface area contributed by atoms with E-state index in [1.54, 1.807) is 18.2 Å². The second-order valence-corrected chi connectivity index (χ2v) is 6.90. The molecule has 8 heteroatoms. The van der Waals surface area contributed by atoms with Crippen molar-refractivity contribution in [3.8, 4) is 0 Å². The molecule has 2 aromatic carbocycles. The predicted molar refractivity (Wildman–Crippen MR) is 88.4 cm³/mol. The Morgan fingerprint density at radius 3 is 2.38 bits per heavy atom. The van der Waals surface area contributed by atoms with E-state index in [0.717, 1.165) is 5.56 Å². The van der Waals surface area contributed by atoms with Crippen LogP contribution in [0.3, 0.4) is 0 Å². The summed E-state index contributed by atoms with van der Waals surface area (Å²) >= 11 is 6.23. The van der Waals surface area contributed by atoms with Crippen LogP contribution in [0.2, 0.25) is 5.02 Å². The predicted octanol–water partition coefficient (Wildman–Crippen LogP) is 2.72. The number of hydrogen-bond acceptors (Lipinski definition) is 5. The van der Waals surface area contributed by atoms with Gasteiger partial charge in [-0.05, 0) is 6.07 Å². The van der Waals surface area contributed by atoms with Gasteiger partial charge in [-0.3, -0.25) is 4.18 Å². The van der Waals surface area contributed by atoms with Crippen LogP contribution in [-0.2, 0) is 24.0 Å². The molecule has 1 fully saturated rings. The van der Waals surface area contributed by atoms with E-state index in [2.05, 4.69) is 0 Å². The number of ether oxygens (including phenoxy) is 2. The third kappa shape index (κ3) is 4.13. The fourth-order valence-corrected chi connectivity index (χ4v) is 3.09. The maximum absolute atomic E-state index is 11.1. The van der Waals surface area contributed by atoms with E-state index >= 15 is 0 Å². The van der Waals surface area contributed by atoms with Gasteiger partial charge < -0.3 is 9.47 Å². The highest BCUT2D eigenvalue weighted by Gasteiger charge is 2.39. The minimum absolute atomic E-state index is 0.266. The van der Waals surface area contributed by atoms with E-state index in [9.17, 15) is 8.42 Å². The summed E-state index contributed by atoms with van der Waals surface area (Å²) in [5.74, 6) is 0. The molecule has 0 aromatic heterocycles. The quantitative estimate of drug-likeness (QED) is 0.875. The van der Waals surface area contributed by atoms with Crippen LogP contribution in [0.15, 0.2) is 54.6 Å². The third-order valence-corrected chi connectivity index (χ3v) is 4.40. The molecule has 1 saturated heterocycles. The number of hydrogen-bond donors (Lipinski definition) is 1. The molecular formula is C16H16ClNO5S. The number of nitrogens with two attached hydrogens (primary N) is 1. The molecule has 1 aliphatic heterocycles. The highest BCUT2D eigenvalue weighted by atomic mass is 35.5. The molecule has 3 rings (SSSR count). The van der Waals surface area contributed by atoms with Gasteiger partial charge >= 0.3 is 10.3 Å². The average molecular weight is 370 g/mol. The van der Waals surface area contributed by atoms with Crippen LogP contribution in [0.4, 0.5) is 0 Å². The van der Waals surface area contributed by atoms with Gasteiger partial charge in [0.1, 0.15) is 12.2 Å². The van der Waals surface area contributed by atoms with Crippen LogP contribution in [0.25, 0.3) is 0 Å². The SMILES string of the molecule is NS(=O)(=O)OC[C@@H]1OC(c2ccccc2)O[C@H]1c1ccccc1Cl. The van der Waals surface area contributed by atoms with Gasteiger partial charge in [-0.1, -0.05) is 60.1 Å². The molecule has 3 atom stereocenters. The molecule has 1 heterocycles. The first kappa shape index (κ1) is 17.3. The Morgan fingerprint density at radius 1 is 1.04 bits per heavy atom. The van der Waals surface area contributed by atoms with E-state index in [0.29, 0.717) is 10.6 Å². The summed E-state index contributed by atoms with van der Waals surface area (Å²) in [5, 5.41) is 5.40. The van der Waals surface area contributed by atoms with Crippen molar-refractivity contribution in [1.29, 1.82) is 0 Å². The number of rotatable bonds is 5. The van der Waals surface area contributed by atoms with E-state index in [1.165, 1.54) is 0 Å². The summed E-state index contributed by atoms with van der Waals surface area (Å²) in [6, 6.07) is 16.5. The third-order valence-electron chi connectivity index (χ3n) is 3.59. The van der Waals surface area contributed by atoms with Gasteiger partial charge in [0.25, 0.3) is 0 Å². The standard InChI is InChI=1S/C16H16ClNO5S/c17-13-9-5-4-8-12(13)15-14(10-21-24(18,19)20)22-16(23-15)11-6-2-1-3-7-11/h1-9,14-16H,10H2,(H2,18,19,20)/t14-,15-,16?/m0/s1. The summed E-state index contributed by atoms with van der Waals surface area (Å²) < 4.78 is 38.7. The van der Waals surface area contributed by atoms with E-state index in [4.69, 9.17) is 30.4 Å². The van der Waals surface area contributed by atoms with Crippen LogP contribution >= 0.6 is 11.6 Å². The Labute approximate surface area is 145 Å². The van der Waals surface area contributed by atoms with Crippen LogP contribution in [-0.4, -0.2) is 21.1 Å². The van der Waals surface area contributed by atoms with Crippen molar-refractivity contribution in [2.75, 3.05) is 6.61 Å². The summed E-state index contributed by atoms with van der Waals surface area (Å²) in [5.41, 5.74) is 1.51. The average Bonchev–Trinajstić information content (AvgIpc) is 2.98. The molecule has 0 spiro atoms. The lowest BCUT2D eigenvalue weighted by Crippen LogP contribution is -2.26. The summed E-state index contributed by atoms with van der Waals surface area (Å²) in [6.45, 7) is -0.266. The Hall–Kier alpha value is -1.48. The van der Waals surface area contributed by atoms with Crippen molar-refractivity contribution in [1.82, 2.24) is 0 Å². The molecule has 6 nitrogen and oxygen atoms in total. The first-order valence-electron chi connectivity index (χ1n) is 7.21. The van der Waals surface area contributed by atoms with Crippen molar-refractivity contribution < 1.29 is 22.1 Å². The number of halogens is 1. The molecule has 0 saturated carbocycles. The topological polar surface area (TPSA) is 87.9 Å². The van der Waals surface area contributed by atoms with Gasteiger partial charge in [-0.25, -0.2) is 5.14 Å². The highest BCUT2D eigenvalue weighted by molar-refractivity contribution is 7.84. The molecule has 1 aliphatic rings. The second-order valence-electron chi connectivity index (χ2n) is 5.27. The molecule has 128 valence electrons. The van der Waals surface area contributed by atoms with Crippen molar-refractivity contribution in [3.63, 3.8) is 0 Å². The van der Waals surface area contributed by atoms with Crippen molar-refractivity contribution >= 4 is 21.9 Å². The minimum atomic E-state index is -4.08. The Bertz CT molecular complexity index is 799. The van der Waals surface area contributed by atoms with Gasteiger partial charge in [-0.2, -0.15) is 8.42 Å². The zero-order chi connectivity index (χ0) is 17.2. The van der Waals surface area contributed by atoms with Crippen LogP contribution in [0, 0.1) is 0 Å².